The SMILES string of the molecule is CCOC(=O)c1c(-c2cccs2)noc1C. The van der Waals surface area contributed by atoms with Crippen molar-refractivity contribution in [3.63, 3.8) is 0 Å². The van der Waals surface area contributed by atoms with Crippen LogP contribution in [0.2, 0.25) is 0 Å². The van der Waals surface area contributed by atoms with E-state index < -0.39 is 0 Å². The van der Waals surface area contributed by atoms with E-state index in [0.29, 0.717) is 23.6 Å². The summed E-state index contributed by atoms with van der Waals surface area (Å²) >= 11 is 1.51. The largest absolute Gasteiger partial charge is 0.462 e. The minimum Gasteiger partial charge on any atom is -0.462 e. The molecule has 2 rings (SSSR count). The first-order valence-electron chi connectivity index (χ1n) is 4.91. The fourth-order valence-electron chi connectivity index (χ4n) is 1.40. The van der Waals surface area contributed by atoms with Crippen molar-refractivity contribution in [1.29, 1.82) is 0 Å². The molecule has 5 heteroatoms. The third-order valence-electron chi connectivity index (χ3n) is 2.10. The van der Waals surface area contributed by atoms with E-state index in [1.165, 1.54) is 11.3 Å². The molecular weight excluding hydrogens is 226 g/mol. The first-order chi connectivity index (χ1) is 7.74. The van der Waals surface area contributed by atoms with E-state index in [1.807, 2.05) is 17.5 Å². The summed E-state index contributed by atoms with van der Waals surface area (Å²) in [5, 5.41) is 5.82. The van der Waals surface area contributed by atoms with Crippen LogP contribution in [0.4, 0.5) is 0 Å². The first-order valence-corrected chi connectivity index (χ1v) is 5.79. The highest BCUT2D eigenvalue weighted by atomic mass is 32.1. The molecule has 2 aromatic heterocycles. The number of thiophene rings is 1. The standard InChI is InChI=1S/C11H11NO3S/c1-3-14-11(13)9-7(2)15-12-10(9)8-5-4-6-16-8/h4-6H,3H2,1-2H3. The fraction of sp³-hybridized carbons (Fsp3) is 0.273. The number of ether oxygens (including phenoxy) is 1. The Morgan fingerprint density at radius 1 is 1.62 bits per heavy atom. The van der Waals surface area contributed by atoms with Crippen LogP contribution in [0.5, 0.6) is 0 Å². The van der Waals surface area contributed by atoms with Gasteiger partial charge in [-0.2, -0.15) is 0 Å². The molecular formula is C11H11NO3S. The number of carbonyl (C=O) groups excluding carboxylic acids is 1. The summed E-state index contributed by atoms with van der Waals surface area (Å²) in [4.78, 5) is 12.6. The Morgan fingerprint density at radius 3 is 3.06 bits per heavy atom. The van der Waals surface area contributed by atoms with Crippen molar-refractivity contribution < 1.29 is 14.1 Å². The normalized spacial score (nSPS) is 10.4. The summed E-state index contributed by atoms with van der Waals surface area (Å²) in [6, 6.07) is 3.80. The summed E-state index contributed by atoms with van der Waals surface area (Å²) < 4.78 is 10.0. The van der Waals surface area contributed by atoms with Crippen molar-refractivity contribution in [1.82, 2.24) is 5.16 Å². The van der Waals surface area contributed by atoms with Crippen LogP contribution in [0, 0.1) is 6.92 Å². The molecule has 0 amide bonds. The molecule has 0 spiro atoms. The van der Waals surface area contributed by atoms with Gasteiger partial charge in [-0.1, -0.05) is 11.2 Å². The highest BCUT2D eigenvalue weighted by Crippen LogP contribution is 2.29. The average molecular weight is 237 g/mol. The van der Waals surface area contributed by atoms with Crippen molar-refractivity contribution in [3.05, 3.63) is 28.8 Å². The summed E-state index contributed by atoms with van der Waals surface area (Å²) in [7, 11) is 0. The number of rotatable bonds is 3. The summed E-state index contributed by atoms with van der Waals surface area (Å²) in [5.74, 6) is 0.103. The van der Waals surface area contributed by atoms with Gasteiger partial charge < -0.3 is 9.26 Å². The number of aryl methyl sites for hydroxylation is 1. The molecule has 0 aromatic carbocycles. The van der Waals surface area contributed by atoms with E-state index in [9.17, 15) is 4.79 Å². The van der Waals surface area contributed by atoms with E-state index in [4.69, 9.17) is 9.26 Å². The number of aromatic nitrogens is 1. The van der Waals surface area contributed by atoms with Gasteiger partial charge >= 0.3 is 5.97 Å². The third-order valence-corrected chi connectivity index (χ3v) is 2.97. The van der Waals surface area contributed by atoms with Gasteiger partial charge in [0.05, 0.1) is 11.5 Å². The molecule has 4 nitrogen and oxygen atoms in total. The Kier molecular flexibility index (Phi) is 3.05. The maximum Gasteiger partial charge on any atom is 0.344 e. The molecule has 0 N–H and O–H groups in total. The molecule has 0 saturated heterocycles. The average Bonchev–Trinajstić information content (AvgIpc) is 2.86. The molecule has 0 unspecified atom stereocenters. The van der Waals surface area contributed by atoms with Crippen LogP contribution in [0.25, 0.3) is 10.6 Å². The highest BCUT2D eigenvalue weighted by Gasteiger charge is 2.22. The zero-order valence-electron chi connectivity index (χ0n) is 9.02. The van der Waals surface area contributed by atoms with E-state index in [-0.39, 0.29) is 5.97 Å². The monoisotopic (exact) mass is 237 g/mol. The number of esters is 1. The first kappa shape index (κ1) is 10.9. The highest BCUT2D eigenvalue weighted by molar-refractivity contribution is 7.13. The van der Waals surface area contributed by atoms with Gasteiger partial charge in [0.25, 0.3) is 0 Å². The zero-order chi connectivity index (χ0) is 11.5. The predicted octanol–water partition coefficient (Wildman–Crippen LogP) is 2.89. The van der Waals surface area contributed by atoms with E-state index in [0.717, 1.165) is 4.88 Å². The zero-order valence-corrected chi connectivity index (χ0v) is 9.84. The van der Waals surface area contributed by atoms with Gasteiger partial charge in [0.15, 0.2) is 0 Å². The number of nitrogens with zero attached hydrogens (tertiary/aromatic N) is 1. The van der Waals surface area contributed by atoms with Crippen LogP contribution in [-0.2, 0) is 4.74 Å². The maximum atomic E-state index is 11.7. The maximum absolute atomic E-state index is 11.7. The molecule has 0 fully saturated rings. The van der Waals surface area contributed by atoms with Crippen molar-refractivity contribution >= 4 is 17.3 Å². The van der Waals surface area contributed by atoms with Crippen LogP contribution in [-0.4, -0.2) is 17.7 Å². The molecule has 2 aromatic rings. The lowest BCUT2D eigenvalue weighted by Crippen LogP contribution is -2.06. The second kappa shape index (κ2) is 4.49. The van der Waals surface area contributed by atoms with Gasteiger partial charge in [0.2, 0.25) is 0 Å². The van der Waals surface area contributed by atoms with E-state index in [1.54, 1.807) is 13.8 Å². The minimum atomic E-state index is -0.385. The molecule has 0 saturated carbocycles. The predicted molar refractivity (Wildman–Crippen MR) is 60.5 cm³/mol. The second-order valence-corrected chi connectivity index (χ2v) is 4.11. The number of hydrogen-bond donors (Lipinski definition) is 0. The summed E-state index contributed by atoms with van der Waals surface area (Å²) in [5.41, 5.74) is 0.982. The quantitative estimate of drug-likeness (QED) is 0.770. The Balaban J connectivity index is 2.44. The number of hydrogen-bond acceptors (Lipinski definition) is 5. The molecule has 0 aliphatic carbocycles. The number of carbonyl (C=O) groups is 1. The molecule has 2 heterocycles. The lowest BCUT2D eigenvalue weighted by atomic mass is 10.2. The second-order valence-electron chi connectivity index (χ2n) is 3.16. The Labute approximate surface area is 96.8 Å². The topological polar surface area (TPSA) is 52.3 Å². The molecule has 0 aliphatic heterocycles. The summed E-state index contributed by atoms with van der Waals surface area (Å²) in [6.07, 6.45) is 0. The Hall–Kier alpha value is -1.62. The van der Waals surface area contributed by atoms with Gasteiger partial charge in [-0.15, -0.1) is 11.3 Å². The van der Waals surface area contributed by atoms with Crippen molar-refractivity contribution in [2.24, 2.45) is 0 Å². The molecule has 0 aliphatic rings. The van der Waals surface area contributed by atoms with Crippen molar-refractivity contribution in [3.8, 4) is 10.6 Å². The minimum absolute atomic E-state index is 0.341. The summed E-state index contributed by atoms with van der Waals surface area (Å²) in [6.45, 7) is 3.81. The Bertz CT molecular complexity index is 487. The molecule has 0 radical (unpaired) electrons. The van der Waals surface area contributed by atoms with Gasteiger partial charge in [0.1, 0.15) is 17.0 Å². The van der Waals surface area contributed by atoms with Crippen LogP contribution >= 0.6 is 11.3 Å². The van der Waals surface area contributed by atoms with Gasteiger partial charge in [-0.05, 0) is 25.3 Å². The van der Waals surface area contributed by atoms with Crippen LogP contribution in [0.1, 0.15) is 23.0 Å². The van der Waals surface area contributed by atoms with E-state index in [2.05, 4.69) is 5.16 Å². The molecule has 84 valence electrons. The lowest BCUT2D eigenvalue weighted by Gasteiger charge is -2.00. The van der Waals surface area contributed by atoms with E-state index >= 15 is 0 Å². The van der Waals surface area contributed by atoms with Crippen molar-refractivity contribution in [2.45, 2.75) is 13.8 Å². The van der Waals surface area contributed by atoms with Gasteiger partial charge in [-0.3, -0.25) is 0 Å². The lowest BCUT2D eigenvalue weighted by molar-refractivity contribution is 0.0525. The van der Waals surface area contributed by atoms with Crippen molar-refractivity contribution in [2.75, 3.05) is 6.61 Å². The third kappa shape index (κ3) is 1.86. The fourth-order valence-corrected chi connectivity index (χ4v) is 2.11. The van der Waals surface area contributed by atoms with Crippen LogP contribution < -0.4 is 0 Å². The molecule has 0 bridgehead atoms. The smallest absolute Gasteiger partial charge is 0.344 e. The van der Waals surface area contributed by atoms with Gasteiger partial charge in [0, 0.05) is 0 Å². The molecule has 16 heavy (non-hydrogen) atoms. The van der Waals surface area contributed by atoms with Crippen LogP contribution in [0.3, 0.4) is 0 Å². The van der Waals surface area contributed by atoms with Crippen LogP contribution in [0.15, 0.2) is 22.0 Å². The molecule has 0 atom stereocenters. The van der Waals surface area contributed by atoms with Gasteiger partial charge in [-0.25, -0.2) is 4.79 Å². The Morgan fingerprint density at radius 2 is 2.44 bits per heavy atom.